The van der Waals surface area contributed by atoms with E-state index in [1.807, 2.05) is 4.90 Å². The van der Waals surface area contributed by atoms with Gasteiger partial charge in [-0.15, -0.1) is 0 Å². The highest BCUT2D eigenvalue weighted by molar-refractivity contribution is 8.00. The Morgan fingerprint density at radius 3 is 2.62 bits per heavy atom. The minimum atomic E-state index is -4.28. The fraction of sp³-hybridized carbons (Fsp3) is 0.462. The molecular formula is C13H15F3N2O2S. The molecule has 0 saturated carbocycles. The minimum absolute atomic E-state index is 0.135. The summed E-state index contributed by atoms with van der Waals surface area (Å²) in [7, 11) is 0. The molecule has 1 aliphatic heterocycles. The summed E-state index contributed by atoms with van der Waals surface area (Å²) in [5.74, 6) is -0.503. The molecule has 0 spiro atoms. The number of morpholine rings is 1. The minimum Gasteiger partial charge on any atom is -0.367 e. The van der Waals surface area contributed by atoms with E-state index >= 15 is 0 Å². The van der Waals surface area contributed by atoms with Gasteiger partial charge in [-0.1, -0.05) is 12.1 Å². The molecule has 1 fully saturated rings. The van der Waals surface area contributed by atoms with Gasteiger partial charge in [-0.3, -0.25) is 9.69 Å². The predicted octanol–water partition coefficient (Wildman–Crippen LogP) is 1.98. The molecule has 1 aromatic rings. The molecule has 8 heteroatoms. The Labute approximate surface area is 124 Å². The monoisotopic (exact) mass is 320 g/mol. The number of ether oxygens (including phenoxy) is 1. The molecule has 0 aromatic heterocycles. The Morgan fingerprint density at radius 2 is 2.05 bits per heavy atom. The van der Waals surface area contributed by atoms with Crippen LogP contribution in [-0.4, -0.2) is 42.1 Å². The van der Waals surface area contributed by atoms with Gasteiger partial charge < -0.3 is 10.5 Å². The molecule has 0 aliphatic carbocycles. The van der Waals surface area contributed by atoms with E-state index in [4.69, 9.17) is 10.5 Å². The van der Waals surface area contributed by atoms with Gasteiger partial charge in [0.15, 0.2) is 0 Å². The van der Waals surface area contributed by atoms with Gasteiger partial charge in [-0.05, 0) is 29.5 Å². The first kappa shape index (κ1) is 16.1. The summed E-state index contributed by atoms with van der Waals surface area (Å²) in [5, 5.41) is 0. The Hall–Kier alpha value is -1.25. The first-order valence-electron chi connectivity index (χ1n) is 6.31. The second kappa shape index (κ2) is 6.67. The largest absolute Gasteiger partial charge is 0.446 e. The number of hydrogen-bond donors (Lipinski definition) is 1. The van der Waals surface area contributed by atoms with Crippen LogP contribution in [0.3, 0.4) is 0 Å². The predicted molar refractivity (Wildman–Crippen MR) is 72.6 cm³/mol. The number of carbonyl (C=O) groups excluding carboxylic acids is 1. The summed E-state index contributed by atoms with van der Waals surface area (Å²) in [6.45, 7) is 2.01. The number of benzene rings is 1. The number of carbonyl (C=O) groups is 1. The van der Waals surface area contributed by atoms with Crippen molar-refractivity contribution >= 4 is 17.7 Å². The van der Waals surface area contributed by atoms with Crippen molar-refractivity contribution in [3.05, 3.63) is 29.8 Å². The lowest BCUT2D eigenvalue weighted by molar-refractivity contribution is -0.135. The molecular weight excluding hydrogens is 305 g/mol. The van der Waals surface area contributed by atoms with Crippen LogP contribution in [0.2, 0.25) is 0 Å². The zero-order valence-corrected chi connectivity index (χ0v) is 11.9. The van der Waals surface area contributed by atoms with Crippen LogP contribution in [0.4, 0.5) is 13.2 Å². The Morgan fingerprint density at radius 1 is 1.38 bits per heavy atom. The van der Waals surface area contributed by atoms with Crippen LogP contribution < -0.4 is 5.73 Å². The van der Waals surface area contributed by atoms with Crippen molar-refractivity contribution < 1.29 is 22.7 Å². The normalized spacial score (nSPS) is 20.4. The van der Waals surface area contributed by atoms with E-state index in [-0.39, 0.29) is 16.7 Å². The second-order valence-electron chi connectivity index (χ2n) is 4.69. The van der Waals surface area contributed by atoms with Crippen molar-refractivity contribution in [1.82, 2.24) is 4.90 Å². The first-order chi connectivity index (χ1) is 9.83. The molecule has 1 aromatic carbocycles. The summed E-state index contributed by atoms with van der Waals surface area (Å²) in [5.41, 5.74) is 1.81. The van der Waals surface area contributed by atoms with Crippen molar-refractivity contribution in [3.8, 4) is 0 Å². The van der Waals surface area contributed by atoms with Gasteiger partial charge in [0.25, 0.3) is 0 Å². The van der Waals surface area contributed by atoms with Crippen LogP contribution in [0.5, 0.6) is 0 Å². The summed E-state index contributed by atoms with van der Waals surface area (Å²) in [6.07, 6.45) is -0.626. The number of hydrogen-bond acceptors (Lipinski definition) is 4. The molecule has 4 nitrogen and oxygen atoms in total. The smallest absolute Gasteiger partial charge is 0.367 e. The van der Waals surface area contributed by atoms with Crippen molar-refractivity contribution in [3.63, 3.8) is 0 Å². The van der Waals surface area contributed by atoms with E-state index in [0.29, 0.717) is 26.2 Å². The van der Waals surface area contributed by atoms with Gasteiger partial charge in [-0.2, -0.15) is 13.2 Å². The van der Waals surface area contributed by atoms with Gasteiger partial charge in [0.1, 0.15) is 6.10 Å². The van der Waals surface area contributed by atoms with E-state index in [0.717, 1.165) is 5.56 Å². The molecule has 1 unspecified atom stereocenters. The molecule has 1 aliphatic rings. The zero-order valence-electron chi connectivity index (χ0n) is 11.1. The summed E-state index contributed by atoms with van der Waals surface area (Å²) in [4.78, 5) is 13.2. The lowest BCUT2D eigenvalue weighted by atomic mass is 10.2. The molecule has 1 amide bonds. The highest BCUT2D eigenvalue weighted by atomic mass is 32.2. The third kappa shape index (κ3) is 5.22. The van der Waals surface area contributed by atoms with Crippen LogP contribution in [0.25, 0.3) is 0 Å². The van der Waals surface area contributed by atoms with E-state index in [1.165, 1.54) is 12.1 Å². The van der Waals surface area contributed by atoms with Gasteiger partial charge in [0, 0.05) is 24.5 Å². The van der Waals surface area contributed by atoms with E-state index in [2.05, 4.69) is 0 Å². The molecule has 2 rings (SSSR count). The number of nitrogens with two attached hydrogens (primary N) is 1. The van der Waals surface area contributed by atoms with Crippen molar-refractivity contribution in [1.29, 1.82) is 0 Å². The third-order valence-corrected chi connectivity index (χ3v) is 3.77. The van der Waals surface area contributed by atoms with Gasteiger partial charge in [0.05, 0.1) is 6.61 Å². The Kier molecular flexibility index (Phi) is 5.13. The number of rotatable bonds is 4. The fourth-order valence-corrected chi connectivity index (χ4v) is 2.61. The quantitative estimate of drug-likeness (QED) is 0.862. The molecule has 1 heterocycles. The van der Waals surface area contributed by atoms with Crippen LogP contribution in [0.15, 0.2) is 29.2 Å². The van der Waals surface area contributed by atoms with Gasteiger partial charge >= 0.3 is 5.51 Å². The third-order valence-electron chi connectivity index (χ3n) is 3.03. The van der Waals surface area contributed by atoms with Crippen LogP contribution in [0, 0.1) is 0 Å². The van der Waals surface area contributed by atoms with Crippen molar-refractivity contribution in [2.45, 2.75) is 23.1 Å². The maximum atomic E-state index is 12.2. The average Bonchev–Trinajstić information content (AvgIpc) is 2.40. The molecule has 21 heavy (non-hydrogen) atoms. The summed E-state index contributed by atoms with van der Waals surface area (Å²) in [6, 6.07) is 6.20. The maximum absolute atomic E-state index is 12.2. The van der Waals surface area contributed by atoms with E-state index in [9.17, 15) is 18.0 Å². The number of amides is 1. The number of alkyl halides is 3. The summed E-state index contributed by atoms with van der Waals surface area (Å²) < 4.78 is 41.9. The lowest BCUT2D eigenvalue weighted by Gasteiger charge is -2.31. The number of primary amides is 1. The standard InChI is InChI=1S/C13H15F3N2O2S/c14-13(15,16)21-10-3-1-9(2-4-10)7-18-5-6-20-11(8-18)12(17)19/h1-4,11H,5-8H2,(H2,17,19). The fourth-order valence-electron chi connectivity index (χ4n) is 2.07. The highest BCUT2D eigenvalue weighted by Crippen LogP contribution is 2.36. The molecule has 116 valence electrons. The number of halogens is 3. The number of nitrogens with zero attached hydrogens (tertiary/aromatic N) is 1. The van der Waals surface area contributed by atoms with Crippen LogP contribution in [0.1, 0.15) is 5.56 Å². The summed E-state index contributed by atoms with van der Waals surface area (Å²) >= 11 is -0.135. The maximum Gasteiger partial charge on any atom is 0.446 e. The SMILES string of the molecule is NC(=O)C1CN(Cc2ccc(SC(F)(F)F)cc2)CCO1. The topological polar surface area (TPSA) is 55.6 Å². The van der Waals surface area contributed by atoms with E-state index < -0.39 is 17.5 Å². The average molecular weight is 320 g/mol. The number of thioether (sulfide) groups is 1. The molecule has 0 radical (unpaired) electrons. The van der Waals surface area contributed by atoms with Crippen molar-refractivity contribution in [2.75, 3.05) is 19.7 Å². The second-order valence-corrected chi connectivity index (χ2v) is 5.83. The van der Waals surface area contributed by atoms with Crippen LogP contribution >= 0.6 is 11.8 Å². The zero-order chi connectivity index (χ0) is 15.5. The Balaban J connectivity index is 1.92. The van der Waals surface area contributed by atoms with Crippen molar-refractivity contribution in [2.24, 2.45) is 5.73 Å². The first-order valence-corrected chi connectivity index (χ1v) is 7.13. The molecule has 2 N–H and O–H groups in total. The molecule has 1 saturated heterocycles. The highest BCUT2D eigenvalue weighted by Gasteiger charge is 2.29. The van der Waals surface area contributed by atoms with Gasteiger partial charge in [0.2, 0.25) is 5.91 Å². The van der Waals surface area contributed by atoms with E-state index in [1.54, 1.807) is 12.1 Å². The molecule has 1 atom stereocenters. The van der Waals surface area contributed by atoms with Crippen LogP contribution in [-0.2, 0) is 16.1 Å². The van der Waals surface area contributed by atoms with Gasteiger partial charge in [-0.25, -0.2) is 0 Å². The molecule has 0 bridgehead atoms. The Bertz CT molecular complexity index is 493. The lowest BCUT2D eigenvalue weighted by Crippen LogP contribution is -2.47.